The molecular weight excluding hydrogens is 514 g/mol. The average Bonchev–Trinajstić information content (AvgIpc) is 3.25. The molecule has 1 aliphatic rings. The zero-order valence-corrected chi connectivity index (χ0v) is 22.7. The minimum absolute atomic E-state index is 0.0306. The van der Waals surface area contributed by atoms with Crippen molar-refractivity contribution in [2.75, 3.05) is 38.2 Å². The van der Waals surface area contributed by atoms with Crippen LogP contribution >= 0.6 is 11.8 Å². The summed E-state index contributed by atoms with van der Waals surface area (Å²) in [5, 5.41) is 14.3. The van der Waals surface area contributed by atoms with E-state index in [2.05, 4.69) is 34.9 Å². The second-order valence-electron chi connectivity index (χ2n) is 9.44. The molecule has 0 saturated heterocycles. The van der Waals surface area contributed by atoms with Gasteiger partial charge in [-0.3, -0.25) is 14.5 Å². The van der Waals surface area contributed by atoms with Crippen molar-refractivity contribution in [3.05, 3.63) is 95.6 Å². The number of carbonyl (C=O) groups excluding carboxylic acids is 2. The molecule has 0 aromatic heterocycles. The number of alkyl carbamates (subject to hydrolysis) is 1. The Morgan fingerprint density at radius 1 is 0.949 bits per heavy atom. The lowest BCUT2D eigenvalue weighted by molar-refractivity contribution is -0.133. The van der Waals surface area contributed by atoms with Crippen LogP contribution in [0.4, 0.5) is 4.79 Å². The summed E-state index contributed by atoms with van der Waals surface area (Å²) in [7, 11) is 1.88. The molecule has 1 unspecified atom stereocenters. The minimum Gasteiger partial charge on any atom is -0.481 e. The second-order valence-corrected chi connectivity index (χ2v) is 10.5. The first-order valence-electron chi connectivity index (χ1n) is 12.8. The van der Waals surface area contributed by atoms with Gasteiger partial charge in [-0.05, 0) is 34.9 Å². The molecule has 3 aromatic rings. The summed E-state index contributed by atoms with van der Waals surface area (Å²) in [5.74, 6) is -0.905. The molecule has 1 atom stereocenters. The summed E-state index contributed by atoms with van der Waals surface area (Å²) in [4.78, 5) is 38.6. The lowest BCUT2D eigenvalue weighted by Crippen LogP contribution is -2.52. The molecule has 0 spiro atoms. The molecule has 39 heavy (non-hydrogen) atoms. The normalized spacial score (nSPS) is 12.9. The number of hydrogen-bond donors (Lipinski definition) is 3. The maximum atomic E-state index is 13.0. The number of carboxylic acid groups (broad SMARTS) is 1. The van der Waals surface area contributed by atoms with Gasteiger partial charge in [0, 0.05) is 31.3 Å². The van der Waals surface area contributed by atoms with E-state index < -0.39 is 18.1 Å². The molecule has 2 amide bonds. The molecular formula is C30H33N3O5S. The fraction of sp³-hybridized carbons (Fsp3) is 0.300. The Hall–Kier alpha value is -3.82. The number of amides is 2. The lowest BCUT2D eigenvalue weighted by atomic mass is 9.98. The van der Waals surface area contributed by atoms with Crippen molar-refractivity contribution in [2.45, 2.75) is 18.5 Å². The zero-order chi connectivity index (χ0) is 27.6. The van der Waals surface area contributed by atoms with Crippen molar-refractivity contribution >= 4 is 29.7 Å². The molecule has 0 heterocycles. The Morgan fingerprint density at radius 2 is 1.56 bits per heavy atom. The topological polar surface area (TPSA) is 108 Å². The van der Waals surface area contributed by atoms with Crippen molar-refractivity contribution in [1.82, 2.24) is 15.5 Å². The first-order valence-corrected chi connectivity index (χ1v) is 14.0. The maximum absolute atomic E-state index is 13.0. The van der Waals surface area contributed by atoms with Gasteiger partial charge in [0.25, 0.3) is 0 Å². The number of hydrogen-bond acceptors (Lipinski definition) is 6. The van der Waals surface area contributed by atoms with Gasteiger partial charge in [-0.1, -0.05) is 78.9 Å². The third-order valence-corrected chi connectivity index (χ3v) is 7.46. The van der Waals surface area contributed by atoms with E-state index in [1.807, 2.05) is 66.5 Å². The fourth-order valence-corrected chi connectivity index (χ4v) is 5.34. The SMILES string of the molecule is CN(Cc1ccccc1)CC(NC(=O)OCC1c2ccccc2-c2ccccc21)C(=O)NCCSCC(=O)O. The van der Waals surface area contributed by atoms with E-state index in [0.717, 1.165) is 27.8 Å². The number of carboxylic acids is 1. The number of thioether (sulfide) groups is 1. The minimum atomic E-state index is -0.899. The highest BCUT2D eigenvalue weighted by atomic mass is 32.2. The van der Waals surface area contributed by atoms with E-state index in [4.69, 9.17) is 9.84 Å². The number of ether oxygens (including phenoxy) is 1. The maximum Gasteiger partial charge on any atom is 0.407 e. The van der Waals surface area contributed by atoms with E-state index in [0.29, 0.717) is 18.8 Å². The Kier molecular flexibility index (Phi) is 9.99. The largest absolute Gasteiger partial charge is 0.481 e. The Labute approximate surface area is 232 Å². The Bertz CT molecular complexity index is 1240. The standard InChI is InChI=1S/C30H33N3O5S/c1-33(17-21-9-3-2-4-10-21)18-27(29(36)31-15-16-39-20-28(34)35)32-30(37)38-19-26-24-13-7-5-11-22(24)23-12-6-8-14-25(23)26/h2-14,26-27H,15-20H2,1H3,(H,31,36)(H,32,37)(H,34,35). The molecule has 3 N–H and O–H groups in total. The van der Waals surface area contributed by atoms with Crippen LogP contribution in [0.25, 0.3) is 11.1 Å². The zero-order valence-electron chi connectivity index (χ0n) is 21.8. The summed E-state index contributed by atoms with van der Waals surface area (Å²) >= 11 is 1.22. The van der Waals surface area contributed by atoms with E-state index >= 15 is 0 Å². The summed E-state index contributed by atoms with van der Waals surface area (Å²) in [6, 6.07) is 25.2. The highest BCUT2D eigenvalue weighted by molar-refractivity contribution is 7.99. The van der Waals surface area contributed by atoms with Crippen LogP contribution in [-0.4, -0.2) is 72.3 Å². The summed E-state index contributed by atoms with van der Waals surface area (Å²) < 4.78 is 5.67. The quantitative estimate of drug-likeness (QED) is 0.278. The molecule has 0 aliphatic heterocycles. The molecule has 1 aliphatic carbocycles. The van der Waals surface area contributed by atoms with Crippen molar-refractivity contribution in [1.29, 1.82) is 0 Å². The third-order valence-electron chi connectivity index (χ3n) is 6.51. The van der Waals surface area contributed by atoms with Crippen LogP contribution in [0.15, 0.2) is 78.9 Å². The first kappa shape index (κ1) is 28.2. The van der Waals surface area contributed by atoms with Gasteiger partial charge in [-0.2, -0.15) is 0 Å². The number of nitrogens with one attached hydrogen (secondary N) is 2. The van der Waals surface area contributed by atoms with Crippen molar-refractivity contribution in [3.8, 4) is 11.1 Å². The van der Waals surface area contributed by atoms with Crippen molar-refractivity contribution < 1.29 is 24.2 Å². The van der Waals surface area contributed by atoms with Crippen LogP contribution in [0.2, 0.25) is 0 Å². The number of nitrogens with zero attached hydrogens (tertiary/aromatic N) is 1. The van der Waals surface area contributed by atoms with Gasteiger partial charge < -0.3 is 20.5 Å². The van der Waals surface area contributed by atoms with Gasteiger partial charge >= 0.3 is 12.1 Å². The number of rotatable bonds is 13. The second kappa shape index (κ2) is 13.8. The lowest BCUT2D eigenvalue weighted by Gasteiger charge is -2.24. The molecule has 8 nitrogen and oxygen atoms in total. The number of aliphatic carboxylic acids is 1. The van der Waals surface area contributed by atoms with E-state index in [9.17, 15) is 14.4 Å². The van der Waals surface area contributed by atoms with Gasteiger partial charge in [-0.15, -0.1) is 11.8 Å². The average molecular weight is 548 g/mol. The monoisotopic (exact) mass is 547 g/mol. The summed E-state index contributed by atoms with van der Waals surface area (Å²) in [5.41, 5.74) is 5.60. The first-order chi connectivity index (χ1) is 18.9. The molecule has 0 radical (unpaired) electrons. The Morgan fingerprint density at radius 3 is 2.21 bits per heavy atom. The third kappa shape index (κ3) is 7.84. The molecule has 0 saturated carbocycles. The summed E-state index contributed by atoms with van der Waals surface area (Å²) in [6.07, 6.45) is -0.662. The van der Waals surface area contributed by atoms with E-state index in [-0.39, 0.29) is 30.7 Å². The van der Waals surface area contributed by atoms with Gasteiger partial charge in [0.15, 0.2) is 0 Å². The van der Waals surface area contributed by atoms with Gasteiger partial charge in [0.1, 0.15) is 12.6 Å². The Balaban J connectivity index is 1.37. The highest BCUT2D eigenvalue weighted by Gasteiger charge is 2.30. The smallest absolute Gasteiger partial charge is 0.407 e. The predicted molar refractivity (Wildman–Crippen MR) is 153 cm³/mol. The molecule has 9 heteroatoms. The van der Waals surface area contributed by atoms with Crippen molar-refractivity contribution in [2.24, 2.45) is 0 Å². The van der Waals surface area contributed by atoms with Gasteiger partial charge in [0.05, 0.1) is 5.75 Å². The van der Waals surface area contributed by atoms with Gasteiger partial charge in [-0.25, -0.2) is 4.79 Å². The molecule has 204 valence electrons. The summed E-state index contributed by atoms with van der Waals surface area (Å²) in [6.45, 7) is 1.32. The number of benzene rings is 3. The molecule has 4 rings (SSSR count). The number of carbonyl (C=O) groups is 3. The molecule has 0 fully saturated rings. The van der Waals surface area contributed by atoms with Crippen LogP contribution in [0.1, 0.15) is 22.6 Å². The molecule has 3 aromatic carbocycles. The number of fused-ring (bicyclic) bond motifs is 3. The van der Waals surface area contributed by atoms with Gasteiger partial charge in [0.2, 0.25) is 5.91 Å². The van der Waals surface area contributed by atoms with E-state index in [1.54, 1.807) is 0 Å². The molecule has 0 bridgehead atoms. The van der Waals surface area contributed by atoms with Crippen LogP contribution in [0, 0.1) is 0 Å². The van der Waals surface area contributed by atoms with Crippen LogP contribution < -0.4 is 10.6 Å². The highest BCUT2D eigenvalue weighted by Crippen LogP contribution is 2.44. The van der Waals surface area contributed by atoms with Crippen LogP contribution in [0.3, 0.4) is 0 Å². The van der Waals surface area contributed by atoms with Crippen LogP contribution in [0.5, 0.6) is 0 Å². The predicted octanol–water partition coefficient (Wildman–Crippen LogP) is 3.96. The fourth-order valence-electron chi connectivity index (χ4n) is 4.78. The van der Waals surface area contributed by atoms with Crippen LogP contribution in [-0.2, 0) is 20.9 Å². The van der Waals surface area contributed by atoms with Crippen molar-refractivity contribution in [3.63, 3.8) is 0 Å². The number of likely N-dealkylation sites (N-methyl/N-ethyl adjacent to an activating group) is 1. The van der Waals surface area contributed by atoms with E-state index in [1.165, 1.54) is 11.8 Å².